The third-order valence-electron chi connectivity index (χ3n) is 2.74. The molecule has 66 valence electrons. The molecule has 0 bridgehead atoms. The van der Waals surface area contributed by atoms with E-state index in [-0.39, 0.29) is 12.2 Å². The van der Waals surface area contributed by atoms with Crippen molar-refractivity contribution in [1.29, 1.82) is 0 Å². The minimum atomic E-state index is -0.223. The molecule has 0 amide bonds. The van der Waals surface area contributed by atoms with E-state index >= 15 is 0 Å². The highest BCUT2D eigenvalue weighted by atomic mass is 16.5. The number of methoxy groups -OCH3 is 1. The average Bonchev–Trinajstić information content (AvgIpc) is 2.04. The third-order valence-corrected chi connectivity index (χ3v) is 2.74. The highest BCUT2D eigenvalue weighted by Crippen LogP contribution is 2.28. The van der Waals surface area contributed by atoms with Crippen LogP contribution in [0, 0.1) is 5.92 Å². The fourth-order valence-corrected chi connectivity index (χ4v) is 1.85. The van der Waals surface area contributed by atoms with E-state index in [1.54, 1.807) is 7.11 Å². The van der Waals surface area contributed by atoms with Crippen LogP contribution in [0.4, 0.5) is 0 Å². The fraction of sp³-hybridized carbons (Fsp3) is 1.00. The molecule has 0 saturated heterocycles. The largest absolute Gasteiger partial charge is 0.390 e. The van der Waals surface area contributed by atoms with E-state index in [0.717, 1.165) is 18.8 Å². The number of aliphatic hydroxyl groups excluding tert-OH is 1. The highest BCUT2D eigenvalue weighted by Gasteiger charge is 2.27. The standard InChI is InChI=1S/C9H18O2/c1-3-7-4-5-9(11-2)8(10)6-7/h7-10H,3-6H2,1-2H3. The molecule has 0 heterocycles. The summed E-state index contributed by atoms with van der Waals surface area (Å²) in [6.07, 6.45) is 4.22. The zero-order valence-corrected chi connectivity index (χ0v) is 7.42. The molecule has 11 heavy (non-hydrogen) atoms. The van der Waals surface area contributed by atoms with Crippen LogP contribution in [0.5, 0.6) is 0 Å². The first kappa shape index (κ1) is 9.01. The predicted molar refractivity (Wildman–Crippen MR) is 44.4 cm³/mol. The van der Waals surface area contributed by atoms with Crippen molar-refractivity contribution in [2.24, 2.45) is 5.92 Å². The van der Waals surface area contributed by atoms with Crippen LogP contribution in [-0.2, 0) is 4.74 Å². The van der Waals surface area contributed by atoms with Crippen LogP contribution in [0.2, 0.25) is 0 Å². The van der Waals surface area contributed by atoms with Crippen molar-refractivity contribution in [3.63, 3.8) is 0 Å². The molecule has 0 aromatic rings. The highest BCUT2D eigenvalue weighted by molar-refractivity contribution is 4.79. The number of aliphatic hydroxyl groups is 1. The number of hydrogen-bond donors (Lipinski definition) is 1. The van der Waals surface area contributed by atoms with Gasteiger partial charge in [-0.2, -0.15) is 0 Å². The molecule has 2 heteroatoms. The van der Waals surface area contributed by atoms with Gasteiger partial charge in [-0.25, -0.2) is 0 Å². The molecule has 1 rings (SSSR count). The smallest absolute Gasteiger partial charge is 0.0830 e. The second-order valence-corrected chi connectivity index (χ2v) is 3.43. The Balaban J connectivity index is 2.34. The van der Waals surface area contributed by atoms with Gasteiger partial charge in [0.15, 0.2) is 0 Å². The SMILES string of the molecule is CCC1CCC(OC)C(O)C1. The summed E-state index contributed by atoms with van der Waals surface area (Å²) in [7, 11) is 1.68. The van der Waals surface area contributed by atoms with Gasteiger partial charge in [0.2, 0.25) is 0 Å². The van der Waals surface area contributed by atoms with E-state index in [1.807, 2.05) is 0 Å². The number of ether oxygens (including phenoxy) is 1. The Labute approximate surface area is 68.6 Å². The van der Waals surface area contributed by atoms with Crippen LogP contribution in [0.25, 0.3) is 0 Å². The molecule has 1 N–H and O–H groups in total. The van der Waals surface area contributed by atoms with E-state index in [0.29, 0.717) is 0 Å². The van der Waals surface area contributed by atoms with E-state index in [4.69, 9.17) is 4.74 Å². The lowest BCUT2D eigenvalue weighted by Gasteiger charge is -2.31. The zero-order chi connectivity index (χ0) is 8.27. The van der Waals surface area contributed by atoms with Gasteiger partial charge in [0.25, 0.3) is 0 Å². The molecule has 1 aliphatic carbocycles. The quantitative estimate of drug-likeness (QED) is 0.661. The van der Waals surface area contributed by atoms with E-state index < -0.39 is 0 Å². The predicted octanol–water partition coefficient (Wildman–Crippen LogP) is 1.57. The minimum absolute atomic E-state index is 0.0952. The summed E-state index contributed by atoms with van der Waals surface area (Å²) < 4.78 is 5.15. The minimum Gasteiger partial charge on any atom is -0.390 e. The molecule has 2 nitrogen and oxygen atoms in total. The molecule has 0 aliphatic heterocycles. The molecule has 1 saturated carbocycles. The van der Waals surface area contributed by atoms with Gasteiger partial charge in [-0.05, 0) is 25.2 Å². The van der Waals surface area contributed by atoms with Crippen molar-refractivity contribution in [2.75, 3.05) is 7.11 Å². The van der Waals surface area contributed by atoms with Gasteiger partial charge in [0, 0.05) is 7.11 Å². The summed E-state index contributed by atoms with van der Waals surface area (Å²) >= 11 is 0. The van der Waals surface area contributed by atoms with E-state index in [1.165, 1.54) is 12.8 Å². The topological polar surface area (TPSA) is 29.5 Å². The summed E-state index contributed by atoms with van der Waals surface area (Å²) in [4.78, 5) is 0. The second kappa shape index (κ2) is 4.07. The fourth-order valence-electron chi connectivity index (χ4n) is 1.85. The molecule has 0 aromatic carbocycles. The average molecular weight is 158 g/mol. The maximum absolute atomic E-state index is 9.55. The van der Waals surface area contributed by atoms with Gasteiger partial charge in [-0.3, -0.25) is 0 Å². The van der Waals surface area contributed by atoms with Gasteiger partial charge in [0.05, 0.1) is 12.2 Å². The Hall–Kier alpha value is -0.0800. The Morgan fingerprint density at radius 3 is 2.64 bits per heavy atom. The van der Waals surface area contributed by atoms with Crippen molar-refractivity contribution < 1.29 is 9.84 Å². The molecule has 0 radical (unpaired) electrons. The summed E-state index contributed by atoms with van der Waals surface area (Å²) in [5, 5.41) is 9.55. The molecule has 0 spiro atoms. The lowest BCUT2D eigenvalue weighted by atomic mass is 9.84. The summed E-state index contributed by atoms with van der Waals surface area (Å²) in [5.41, 5.74) is 0. The van der Waals surface area contributed by atoms with Gasteiger partial charge in [-0.15, -0.1) is 0 Å². The third kappa shape index (κ3) is 2.17. The van der Waals surface area contributed by atoms with Gasteiger partial charge < -0.3 is 9.84 Å². The Bertz CT molecular complexity index is 114. The monoisotopic (exact) mass is 158 g/mol. The van der Waals surface area contributed by atoms with E-state index in [9.17, 15) is 5.11 Å². The van der Waals surface area contributed by atoms with Gasteiger partial charge >= 0.3 is 0 Å². The lowest BCUT2D eigenvalue weighted by molar-refractivity contribution is -0.0500. The maximum atomic E-state index is 9.55. The van der Waals surface area contributed by atoms with Crippen LogP contribution in [0.1, 0.15) is 32.6 Å². The zero-order valence-electron chi connectivity index (χ0n) is 7.42. The van der Waals surface area contributed by atoms with Crippen LogP contribution in [-0.4, -0.2) is 24.4 Å². The molecule has 1 fully saturated rings. The first-order valence-corrected chi connectivity index (χ1v) is 4.48. The first-order chi connectivity index (χ1) is 5.27. The summed E-state index contributed by atoms with van der Waals surface area (Å²) in [6.45, 7) is 2.19. The normalized spacial score (nSPS) is 39.0. The van der Waals surface area contributed by atoms with Gasteiger partial charge in [0.1, 0.15) is 0 Å². The summed E-state index contributed by atoms with van der Waals surface area (Å²) in [6, 6.07) is 0. The van der Waals surface area contributed by atoms with Crippen LogP contribution < -0.4 is 0 Å². The summed E-state index contributed by atoms with van der Waals surface area (Å²) in [5.74, 6) is 0.719. The molecule has 3 atom stereocenters. The Morgan fingerprint density at radius 1 is 1.45 bits per heavy atom. The van der Waals surface area contributed by atoms with Crippen molar-refractivity contribution in [3.8, 4) is 0 Å². The Kier molecular flexibility index (Phi) is 3.34. The number of hydrogen-bond acceptors (Lipinski definition) is 2. The lowest BCUT2D eigenvalue weighted by Crippen LogP contribution is -2.34. The van der Waals surface area contributed by atoms with Crippen LogP contribution >= 0.6 is 0 Å². The number of rotatable bonds is 2. The van der Waals surface area contributed by atoms with E-state index in [2.05, 4.69) is 6.92 Å². The molecule has 0 aromatic heterocycles. The first-order valence-electron chi connectivity index (χ1n) is 4.48. The van der Waals surface area contributed by atoms with Crippen LogP contribution in [0.3, 0.4) is 0 Å². The van der Waals surface area contributed by atoms with Crippen LogP contribution in [0.15, 0.2) is 0 Å². The maximum Gasteiger partial charge on any atom is 0.0830 e. The van der Waals surface area contributed by atoms with Crippen molar-refractivity contribution in [1.82, 2.24) is 0 Å². The van der Waals surface area contributed by atoms with Crippen molar-refractivity contribution in [2.45, 2.75) is 44.8 Å². The molecular weight excluding hydrogens is 140 g/mol. The van der Waals surface area contributed by atoms with Crippen molar-refractivity contribution in [3.05, 3.63) is 0 Å². The Morgan fingerprint density at radius 2 is 2.18 bits per heavy atom. The molecule has 1 aliphatic rings. The van der Waals surface area contributed by atoms with Gasteiger partial charge in [-0.1, -0.05) is 13.3 Å². The second-order valence-electron chi connectivity index (χ2n) is 3.43. The van der Waals surface area contributed by atoms with Crippen molar-refractivity contribution >= 4 is 0 Å². The molecular formula is C9H18O2. The molecule has 3 unspecified atom stereocenters.